The normalized spacial score (nSPS) is 22.3. The smallest absolute Gasteiger partial charge is 0.220 e. The zero-order valence-electron chi connectivity index (χ0n) is 12.6. The molecule has 21 heavy (non-hydrogen) atoms. The third-order valence-corrected chi connectivity index (χ3v) is 4.49. The highest BCUT2D eigenvalue weighted by Gasteiger charge is 2.22. The van der Waals surface area contributed by atoms with Crippen molar-refractivity contribution in [3.8, 4) is 0 Å². The van der Waals surface area contributed by atoms with Crippen LogP contribution in [0.1, 0.15) is 44.9 Å². The zero-order chi connectivity index (χ0) is 14.7. The van der Waals surface area contributed by atoms with Crippen molar-refractivity contribution in [1.29, 1.82) is 0 Å². The highest BCUT2D eigenvalue weighted by Crippen LogP contribution is 2.23. The van der Waals surface area contributed by atoms with Gasteiger partial charge in [0.2, 0.25) is 5.91 Å². The lowest BCUT2D eigenvalue weighted by molar-refractivity contribution is -0.122. The van der Waals surface area contributed by atoms with Crippen molar-refractivity contribution in [2.75, 3.05) is 0 Å². The summed E-state index contributed by atoms with van der Waals surface area (Å²) >= 11 is 0. The minimum atomic E-state index is 0.147. The van der Waals surface area contributed by atoms with Gasteiger partial charge in [-0.05, 0) is 30.9 Å². The van der Waals surface area contributed by atoms with Crippen molar-refractivity contribution < 1.29 is 4.79 Å². The van der Waals surface area contributed by atoms with E-state index in [2.05, 4.69) is 22.2 Å². The van der Waals surface area contributed by atoms with E-state index in [4.69, 9.17) is 0 Å². The molecule has 2 aromatic rings. The van der Waals surface area contributed by atoms with Gasteiger partial charge in [0, 0.05) is 18.9 Å². The van der Waals surface area contributed by atoms with E-state index < -0.39 is 0 Å². The van der Waals surface area contributed by atoms with E-state index in [9.17, 15) is 4.79 Å². The molecule has 1 aromatic carbocycles. The first-order chi connectivity index (χ1) is 10.2. The van der Waals surface area contributed by atoms with Crippen LogP contribution in [0.3, 0.4) is 0 Å². The highest BCUT2D eigenvalue weighted by atomic mass is 16.1. The van der Waals surface area contributed by atoms with Crippen molar-refractivity contribution in [3.05, 3.63) is 30.1 Å². The maximum Gasteiger partial charge on any atom is 0.220 e. The van der Waals surface area contributed by atoms with E-state index in [0.29, 0.717) is 24.8 Å². The van der Waals surface area contributed by atoms with E-state index in [-0.39, 0.29) is 5.91 Å². The number of amides is 1. The second-order valence-electron chi connectivity index (χ2n) is 6.14. The van der Waals surface area contributed by atoms with Crippen LogP contribution in [0.25, 0.3) is 11.0 Å². The van der Waals surface area contributed by atoms with E-state index in [1.54, 1.807) is 0 Å². The lowest BCUT2D eigenvalue weighted by Crippen LogP contribution is -2.41. The number of para-hydroxylation sites is 2. The summed E-state index contributed by atoms with van der Waals surface area (Å²) in [5.41, 5.74) is 2.00. The summed E-state index contributed by atoms with van der Waals surface area (Å²) in [7, 11) is 0. The number of nitrogens with one attached hydrogen (secondary N) is 2. The van der Waals surface area contributed by atoms with Crippen molar-refractivity contribution in [2.45, 2.75) is 51.5 Å². The Hall–Kier alpha value is -1.84. The summed E-state index contributed by atoms with van der Waals surface area (Å²) in [5, 5.41) is 3.19. The number of imidazole rings is 1. The molecular formula is C17H23N3O. The molecule has 0 radical (unpaired) electrons. The number of fused-ring (bicyclic) bond motifs is 1. The maximum absolute atomic E-state index is 12.1. The van der Waals surface area contributed by atoms with Crippen LogP contribution in [0.4, 0.5) is 0 Å². The topological polar surface area (TPSA) is 57.8 Å². The Labute approximate surface area is 125 Å². The molecule has 4 nitrogen and oxygen atoms in total. The summed E-state index contributed by atoms with van der Waals surface area (Å²) in [4.78, 5) is 19.9. The van der Waals surface area contributed by atoms with E-state index in [0.717, 1.165) is 23.3 Å². The summed E-state index contributed by atoms with van der Waals surface area (Å²) in [5.74, 6) is 1.64. The Morgan fingerprint density at radius 3 is 2.95 bits per heavy atom. The van der Waals surface area contributed by atoms with Gasteiger partial charge in [-0.3, -0.25) is 4.79 Å². The van der Waals surface area contributed by atoms with Crippen molar-refractivity contribution in [1.82, 2.24) is 15.3 Å². The largest absolute Gasteiger partial charge is 0.353 e. The third kappa shape index (κ3) is 3.43. The van der Waals surface area contributed by atoms with Gasteiger partial charge < -0.3 is 10.3 Å². The predicted octanol–water partition coefficient (Wildman–Crippen LogP) is 3.19. The second kappa shape index (κ2) is 6.29. The second-order valence-corrected chi connectivity index (χ2v) is 6.14. The highest BCUT2D eigenvalue weighted by molar-refractivity contribution is 5.77. The van der Waals surface area contributed by atoms with Gasteiger partial charge >= 0.3 is 0 Å². The SMILES string of the molecule is C[C@H]1CCCC[C@@H]1NC(=O)CCc1nc2ccccc2[nH]1. The molecule has 2 atom stereocenters. The number of carbonyl (C=O) groups is 1. The summed E-state index contributed by atoms with van der Waals surface area (Å²) in [6.45, 7) is 2.24. The van der Waals surface area contributed by atoms with Crippen LogP contribution in [-0.2, 0) is 11.2 Å². The van der Waals surface area contributed by atoms with Crippen molar-refractivity contribution in [3.63, 3.8) is 0 Å². The van der Waals surface area contributed by atoms with Crippen LogP contribution in [0, 0.1) is 5.92 Å². The molecule has 112 valence electrons. The lowest BCUT2D eigenvalue weighted by Gasteiger charge is -2.29. The van der Waals surface area contributed by atoms with Crippen LogP contribution < -0.4 is 5.32 Å². The number of hydrogen-bond acceptors (Lipinski definition) is 2. The zero-order valence-corrected chi connectivity index (χ0v) is 12.6. The molecule has 2 N–H and O–H groups in total. The molecule has 1 aromatic heterocycles. The summed E-state index contributed by atoms with van der Waals surface area (Å²) < 4.78 is 0. The van der Waals surface area contributed by atoms with Gasteiger partial charge in [-0.15, -0.1) is 0 Å². The number of aromatic nitrogens is 2. The van der Waals surface area contributed by atoms with Crippen LogP contribution in [0.15, 0.2) is 24.3 Å². The maximum atomic E-state index is 12.1. The van der Waals surface area contributed by atoms with E-state index >= 15 is 0 Å². The first-order valence-electron chi connectivity index (χ1n) is 7.95. The quantitative estimate of drug-likeness (QED) is 0.906. The molecule has 1 aliphatic rings. The number of nitrogens with zero attached hydrogens (tertiary/aromatic N) is 1. The molecule has 4 heteroatoms. The summed E-state index contributed by atoms with van der Waals surface area (Å²) in [6.07, 6.45) is 6.06. The molecule has 0 spiro atoms. The molecule has 1 heterocycles. The fourth-order valence-electron chi connectivity index (χ4n) is 3.17. The van der Waals surface area contributed by atoms with Gasteiger partial charge in [0.15, 0.2) is 0 Å². The molecule has 0 bridgehead atoms. The number of carbonyl (C=O) groups excluding carboxylic acids is 1. The van der Waals surface area contributed by atoms with Gasteiger partial charge in [-0.2, -0.15) is 0 Å². The molecular weight excluding hydrogens is 262 g/mol. The third-order valence-electron chi connectivity index (χ3n) is 4.49. The van der Waals surface area contributed by atoms with Gasteiger partial charge in [-0.25, -0.2) is 4.98 Å². The molecule has 0 unspecified atom stereocenters. The fraction of sp³-hybridized carbons (Fsp3) is 0.529. The number of hydrogen-bond donors (Lipinski definition) is 2. The summed E-state index contributed by atoms with van der Waals surface area (Å²) in [6, 6.07) is 8.32. The van der Waals surface area contributed by atoms with E-state index in [1.807, 2.05) is 24.3 Å². The number of benzene rings is 1. The van der Waals surface area contributed by atoms with Gasteiger partial charge in [0.05, 0.1) is 11.0 Å². The Balaban J connectivity index is 1.53. The molecule has 0 aliphatic heterocycles. The predicted molar refractivity (Wildman–Crippen MR) is 84.0 cm³/mol. The molecule has 1 fully saturated rings. The van der Waals surface area contributed by atoms with Crippen LogP contribution >= 0.6 is 0 Å². The van der Waals surface area contributed by atoms with Crippen molar-refractivity contribution >= 4 is 16.9 Å². The van der Waals surface area contributed by atoms with Crippen LogP contribution in [0.2, 0.25) is 0 Å². The van der Waals surface area contributed by atoms with E-state index in [1.165, 1.54) is 19.3 Å². The average Bonchev–Trinajstić information content (AvgIpc) is 2.90. The Morgan fingerprint density at radius 1 is 1.33 bits per heavy atom. The molecule has 3 rings (SSSR count). The number of rotatable bonds is 4. The minimum absolute atomic E-state index is 0.147. The fourth-order valence-corrected chi connectivity index (χ4v) is 3.17. The lowest BCUT2D eigenvalue weighted by atomic mass is 9.86. The Bertz CT molecular complexity index is 586. The molecule has 1 amide bonds. The molecule has 1 saturated carbocycles. The van der Waals surface area contributed by atoms with Crippen LogP contribution in [0.5, 0.6) is 0 Å². The van der Waals surface area contributed by atoms with Gasteiger partial charge in [0.1, 0.15) is 5.82 Å². The van der Waals surface area contributed by atoms with Crippen LogP contribution in [-0.4, -0.2) is 21.9 Å². The first-order valence-corrected chi connectivity index (χ1v) is 7.95. The van der Waals surface area contributed by atoms with Gasteiger partial charge in [0.25, 0.3) is 0 Å². The standard InChI is InChI=1S/C17H23N3O/c1-12-6-2-3-7-13(12)20-17(21)11-10-16-18-14-8-4-5-9-15(14)19-16/h4-5,8-9,12-13H,2-3,6-7,10-11H2,1H3,(H,18,19)(H,20,21)/t12-,13-/m0/s1. The minimum Gasteiger partial charge on any atom is -0.353 e. The van der Waals surface area contributed by atoms with Crippen molar-refractivity contribution in [2.24, 2.45) is 5.92 Å². The molecule has 0 saturated heterocycles. The van der Waals surface area contributed by atoms with Gasteiger partial charge in [-0.1, -0.05) is 31.9 Å². The molecule has 1 aliphatic carbocycles. The Morgan fingerprint density at radius 2 is 2.14 bits per heavy atom. The number of aryl methyl sites for hydroxylation is 1. The number of H-pyrrole nitrogens is 1. The Kier molecular flexibility index (Phi) is 4.23. The monoisotopic (exact) mass is 285 g/mol. The average molecular weight is 285 g/mol. The number of aromatic amines is 1. The first kappa shape index (κ1) is 14.1.